The molecule has 1 N–H and O–H groups in total. The van der Waals surface area contributed by atoms with Crippen molar-refractivity contribution in [3.63, 3.8) is 0 Å². The van der Waals surface area contributed by atoms with Crippen LogP contribution in [0.5, 0.6) is 0 Å². The summed E-state index contributed by atoms with van der Waals surface area (Å²) in [6, 6.07) is 9.25. The summed E-state index contributed by atoms with van der Waals surface area (Å²) in [4.78, 5) is 2.32. The molecule has 1 aromatic carbocycles. The van der Waals surface area contributed by atoms with Crippen molar-refractivity contribution in [1.82, 2.24) is 4.90 Å². The average Bonchev–Trinajstić information content (AvgIpc) is 2.96. The van der Waals surface area contributed by atoms with Crippen molar-refractivity contribution < 1.29 is 5.11 Å². The van der Waals surface area contributed by atoms with Gasteiger partial charge in [-0.15, -0.1) is 0 Å². The Bertz CT molecular complexity index is 329. The first-order valence-electron chi connectivity index (χ1n) is 4.85. The molecule has 1 saturated heterocycles. The lowest BCUT2D eigenvalue weighted by Crippen LogP contribution is -2.11. The lowest BCUT2D eigenvalue weighted by molar-refractivity contribution is 0.259. The molecule has 76 valence electrons. The summed E-state index contributed by atoms with van der Waals surface area (Å²) in [5, 5.41) is 9.00. The summed E-state index contributed by atoms with van der Waals surface area (Å²) in [7, 11) is 0. The monoisotopic (exact) mass is 303 g/mol. The van der Waals surface area contributed by atoms with E-state index in [2.05, 4.69) is 58.7 Å². The van der Waals surface area contributed by atoms with E-state index in [0.29, 0.717) is 12.1 Å². The third-order valence-electron chi connectivity index (χ3n) is 2.82. The predicted octanol–water partition coefficient (Wildman–Crippen LogP) is 2.03. The molecule has 0 spiro atoms. The van der Waals surface area contributed by atoms with Crippen molar-refractivity contribution in [2.24, 2.45) is 0 Å². The average molecular weight is 303 g/mol. The Morgan fingerprint density at radius 2 is 2.29 bits per heavy atom. The number of hydrogen-bond acceptors (Lipinski definition) is 2. The van der Waals surface area contributed by atoms with Crippen LogP contribution in [0, 0.1) is 3.57 Å². The van der Waals surface area contributed by atoms with E-state index in [4.69, 9.17) is 5.11 Å². The van der Waals surface area contributed by atoms with Gasteiger partial charge in [-0.3, -0.25) is 4.90 Å². The summed E-state index contributed by atoms with van der Waals surface area (Å²) in [6.45, 7) is 3.52. The number of nitrogens with zero attached hydrogens (tertiary/aromatic N) is 1. The molecule has 3 atom stereocenters. The molecule has 3 heteroatoms. The maximum absolute atomic E-state index is 9.00. The highest BCUT2D eigenvalue weighted by atomic mass is 127. The fourth-order valence-corrected chi connectivity index (χ4v) is 2.66. The van der Waals surface area contributed by atoms with Crippen LogP contribution in [0.3, 0.4) is 0 Å². The van der Waals surface area contributed by atoms with Gasteiger partial charge >= 0.3 is 0 Å². The van der Waals surface area contributed by atoms with Gasteiger partial charge in [-0.05, 0) is 41.1 Å². The topological polar surface area (TPSA) is 23.2 Å². The maximum Gasteiger partial charge on any atom is 0.0599 e. The van der Waals surface area contributed by atoms with E-state index < -0.39 is 0 Å². The molecule has 0 aromatic heterocycles. The Morgan fingerprint density at radius 3 is 2.86 bits per heavy atom. The second kappa shape index (κ2) is 4.16. The highest BCUT2D eigenvalue weighted by molar-refractivity contribution is 14.1. The van der Waals surface area contributed by atoms with E-state index in [-0.39, 0.29) is 6.61 Å². The second-order valence-corrected chi connectivity index (χ2v) is 4.89. The normalized spacial score (nSPS) is 27.4. The molecule has 1 fully saturated rings. The van der Waals surface area contributed by atoms with Crippen LogP contribution in [-0.2, 0) is 0 Å². The first-order valence-corrected chi connectivity index (χ1v) is 5.93. The molecule has 1 aromatic rings. The molecule has 0 aliphatic carbocycles. The van der Waals surface area contributed by atoms with Crippen LogP contribution >= 0.6 is 22.6 Å². The standard InChI is InChI=1S/C11H14INO/c1-8(13-6-9(13)7-14)10-4-2-3-5-11(10)12/h2-5,8-9,14H,6-7H2,1H3/t8-,9?,13+/m0/s1. The van der Waals surface area contributed by atoms with Gasteiger partial charge in [0.15, 0.2) is 0 Å². The lowest BCUT2D eigenvalue weighted by Gasteiger charge is -2.15. The molecule has 1 unspecified atom stereocenters. The summed E-state index contributed by atoms with van der Waals surface area (Å²) in [5.41, 5.74) is 1.36. The van der Waals surface area contributed by atoms with Gasteiger partial charge in [-0.1, -0.05) is 18.2 Å². The molecular formula is C11H14INO. The molecule has 2 nitrogen and oxygen atoms in total. The van der Waals surface area contributed by atoms with Gasteiger partial charge in [0.1, 0.15) is 0 Å². The molecule has 14 heavy (non-hydrogen) atoms. The zero-order chi connectivity index (χ0) is 10.1. The minimum absolute atomic E-state index is 0.285. The Hall–Kier alpha value is -0.130. The third-order valence-corrected chi connectivity index (χ3v) is 3.80. The fourth-order valence-electron chi connectivity index (χ4n) is 1.83. The van der Waals surface area contributed by atoms with Gasteiger partial charge in [0.25, 0.3) is 0 Å². The van der Waals surface area contributed by atoms with Gasteiger partial charge in [-0.2, -0.15) is 0 Å². The zero-order valence-corrected chi connectivity index (χ0v) is 10.3. The van der Waals surface area contributed by atoms with Gasteiger partial charge < -0.3 is 5.11 Å². The number of aliphatic hydroxyl groups is 1. The van der Waals surface area contributed by atoms with Crippen molar-refractivity contribution in [1.29, 1.82) is 0 Å². The molecule has 2 rings (SSSR count). The van der Waals surface area contributed by atoms with Crippen molar-refractivity contribution >= 4 is 22.6 Å². The quantitative estimate of drug-likeness (QED) is 0.682. The van der Waals surface area contributed by atoms with Gasteiger partial charge in [-0.25, -0.2) is 0 Å². The summed E-state index contributed by atoms with van der Waals surface area (Å²) in [5.74, 6) is 0. The van der Waals surface area contributed by atoms with Crippen LogP contribution in [0.1, 0.15) is 18.5 Å². The summed E-state index contributed by atoms with van der Waals surface area (Å²) in [6.07, 6.45) is 0. The van der Waals surface area contributed by atoms with Crippen LogP contribution in [0.4, 0.5) is 0 Å². The zero-order valence-electron chi connectivity index (χ0n) is 8.15. The SMILES string of the molecule is C[C@@H](c1ccccc1I)[N@@]1CC1CO. The highest BCUT2D eigenvalue weighted by Crippen LogP contribution is 2.33. The summed E-state index contributed by atoms with van der Waals surface area (Å²) < 4.78 is 1.31. The van der Waals surface area contributed by atoms with E-state index in [9.17, 15) is 0 Å². The van der Waals surface area contributed by atoms with Gasteiger partial charge in [0.2, 0.25) is 0 Å². The Kier molecular flexibility index (Phi) is 3.09. The molecule has 0 bridgehead atoms. The van der Waals surface area contributed by atoms with E-state index >= 15 is 0 Å². The number of halogens is 1. The first kappa shape index (κ1) is 10.4. The van der Waals surface area contributed by atoms with Gasteiger partial charge in [0, 0.05) is 22.2 Å². The number of benzene rings is 1. The molecule has 0 radical (unpaired) electrons. The van der Waals surface area contributed by atoms with Crippen molar-refractivity contribution in [3.05, 3.63) is 33.4 Å². The Labute approximate surface area is 98.1 Å². The van der Waals surface area contributed by atoms with Crippen LogP contribution in [0.25, 0.3) is 0 Å². The summed E-state index contributed by atoms with van der Waals surface area (Å²) >= 11 is 2.37. The van der Waals surface area contributed by atoms with E-state index in [1.165, 1.54) is 9.13 Å². The van der Waals surface area contributed by atoms with Crippen LogP contribution in [-0.4, -0.2) is 29.2 Å². The lowest BCUT2D eigenvalue weighted by atomic mass is 10.1. The third kappa shape index (κ3) is 1.94. The minimum Gasteiger partial charge on any atom is -0.395 e. The second-order valence-electron chi connectivity index (χ2n) is 3.73. The smallest absolute Gasteiger partial charge is 0.0599 e. The Balaban J connectivity index is 2.12. The van der Waals surface area contributed by atoms with E-state index in [0.717, 1.165) is 6.54 Å². The van der Waals surface area contributed by atoms with Crippen LogP contribution in [0.15, 0.2) is 24.3 Å². The Morgan fingerprint density at radius 1 is 1.57 bits per heavy atom. The molecule has 0 saturated carbocycles. The number of aliphatic hydroxyl groups excluding tert-OH is 1. The molecule has 0 amide bonds. The van der Waals surface area contributed by atoms with Crippen molar-refractivity contribution in [3.8, 4) is 0 Å². The highest BCUT2D eigenvalue weighted by Gasteiger charge is 2.37. The van der Waals surface area contributed by atoms with Gasteiger partial charge in [0.05, 0.1) is 6.61 Å². The van der Waals surface area contributed by atoms with E-state index in [1.54, 1.807) is 0 Å². The number of hydrogen-bond donors (Lipinski definition) is 1. The van der Waals surface area contributed by atoms with Crippen LogP contribution < -0.4 is 0 Å². The molecular weight excluding hydrogens is 289 g/mol. The fraction of sp³-hybridized carbons (Fsp3) is 0.455. The van der Waals surface area contributed by atoms with Crippen molar-refractivity contribution in [2.75, 3.05) is 13.2 Å². The van der Waals surface area contributed by atoms with Crippen molar-refractivity contribution in [2.45, 2.75) is 19.0 Å². The van der Waals surface area contributed by atoms with Crippen LogP contribution in [0.2, 0.25) is 0 Å². The minimum atomic E-state index is 0.285. The molecule has 1 heterocycles. The molecule has 1 aliphatic heterocycles. The number of rotatable bonds is 3. The predicted molar refractivity (Wildman–Crippen MR) is 65.2 cm³/mol. The maximum atomic E-state index is 9.00. The van der Waals surface area contributed by atoms with E-state index in [1.807, 2.05) is 0 Å². The largest absolute Gasteiger partial charge is 0.395 e. The molecule has 1 aliphatic rings. The first-order chi connectivity index (χ1) is 6.74.